The molecule has 1 N–H and O–H groups in total. The molecule has 3 nitrogen and oxygen atoms in total. The van der Waals surface area contributed by atoms with Gasteiger partial charge in [-0.2, -0.15) is 0 Å². The van der Waals surface area contributed by atoms with Gasteiger partial charge >= 0.3 is 5.97 Å². The SMILES string of the molecule is C=C(C)C(=O)OCc1cc(-c2ccc(C3CCC(C)CC3)cc2C)ccc1CCO. The van der Waals surface area contributed by atoms with Gasteiger partial charge in [-0.05, 0) is 84.4 Å². The summed E-state index contributed by atoms with van der Waals surface area (Å²) >= 11 is 0. The quantitative estimate of drug-likeness (QED) is 0.446. The third-order valence-corrected chi connectivity index (χ3v) is 6.34. The molecule has 2 aromatic carbocycles. The number of rotatable bonds is 7. The first kappa shape index (κ1) is 22.3. The lowest BCUT2D eigenvalue weighted by Gasteiger charge is -2.27. The van der Waals surface area contributed by atoms with Gasteiger partial charge < -0.3 is 9.84 Å². The molecule has 0 radical (unpaired) electrons. The average molecular weight is 407 g/mol. The molecule has 2 aromatic rings. The van der Waals surface area contributed by atoms with Crippen LogP contribution in [0.4, 0.5) is 0 Å². The number of ether oxygens (including phenoxy) is 1. The van der Waals surface area contributed by atoms with E-state index in [4.69, 9.17) is 4.74 Å². The van der Waals surface area contributed by atoms with E-state index in [-0.39, 0.29) is 13.2 Å². The highest BCUT2D eigenvalue weighted by atomic mass is 16.5. The summed E-state index contributed by atoms with van der Waals surface area (Å²) in [5, 5.41) is 9.39. The van der Waals surface area contributed by atoms with Crippen molar-refractivity contribution in [2.75, 3.05) is 6.61 Å². The van der Waals surface area contributed by atoms with Crippen molar-refractivity contribution in [2.24, 2.45) is 5.92 Å². The van der Waals surface area contributed by atoms with Crippen molar-refractivity contribution in [3.05, 3.63) is 70.8 Å². The third kappa shape index (κ3) is 5.40. The highest BCUT2D eigenvalue weighted by Gasteiger charge is 2.20. The van der Waals surface area contributed by atoms with Gasteiger partial charge in [0.15, 0.2) is 0 Å². The second-order valence-electron chi connectivity index (χ2n) is 8.84. The molecule has 0 atom stereocenters. The summed E-state index contributed by atoms with van der Waals surface area (Å²) in [4.78, 5) is 11.8. The van der Waals surface area contributed by atoms with E-state index >= 15 is 0 Å². The van der Waals surface area contributed by atoms with Crippen LogP contribution in [-0.4, -0.2) is 17.7 Å². The van der Waals surface area contributed by atoms with E-state index in [9.17, 15) is 9.90 Å². The van der Waals surface area contributed by atoms with Crippen molar-refractivity contribution in [3.63, 3.8) is 0 Å². The number of aliphatic hydroxyl groups excluding tert-OH is 1. The highest BCUT2D eigenvalue weighted by Crippen LogP contribution is 2.37. The molecule has 0 unspecified atom stereocenters. The molecule has 1 aliphatic carbocycles. The number of esters is 1. The molecule has 0 heterocycles. The van der Waals surface area contributed by atoms with E-state index in [0.29, 0.717) is 17.9 Å². The first-order chi connectivity index (χ1) is 14.4. The number of aliphatic hydroxyl groups is 1. The van der Waals surface area contributed by atoms with Crippen LogP contribution in [0.25, 0.3) is 11.1 Å². The number of carbonyl (C=O) groups is 1. The molecule has 1 saturated carbocycles. The largest absolute Gasteiger partial charge is 0.457 e. The molecule has 3 heteroatoms. The average Bonchev–Trinajstić information content (AvgIpc) is 2.73. The minimum atomic E-state index is -0.391. The van der Waals surface area contributed by atoms with Crippen LogP contribution >= 0.6 is 0 Å². The van der Waals surface area contributed by atoms with Crippen LogP contribution in [0.5, 0.6) is 0 Å². The van der Waals surface area contributed by atoms with Gasteiger partial charge in [0, 0.05) is 12.2 Å². The zero-order valence-electron chi connectivity index (χ0n) is 18.5. The number of hydrogen-bond donors (Lipinski definition) is 1. The van der Waals surface area contributed by atoms with E-state index in [0.717, 1.165) is 22.6 Å². The zero-order valence-corrected chi connectivity index (χ0v) is 18.5. The summed E-state index contributed by atoms with van der Waals surface area (Å²) in [6.07, 6.45) is 5.76. The van der Waals surface area contributed by atoms with Crippen LogP contribution in [-0.2, 0) is 22.6 Å². The molecule has 0 amide bonds. The molecule has 160 valence electrons. The predicted molar refractivity (Wildman–Crippen MR) is 122 cm³/mol. The van der Waals surface area contributed by atoms with Gasteiger partial charge in [0.2, 0.25) is 0 Å². The molecule has 0 bridgehead atoms. The Bertz CT molecular complexity index is 904. The van der Waals surface area contributed by atoms with E-state index in [1.165, 1.54) is 42.4 Å². The Kier molecular flexibility index (Phi) is 7.49. The second-order valence-corrected chi connectivity index (χ2v) is 8.84. The van der Waals surface area contributed by atoms with Crippen LogP contribution in [0.3, 0.4) is 0 Å². The van der Waals surface area contributed by atoms with Crippen LogP contribution < -0.4 is 0 Å². The van der Waals surface area contributed by atoms with Crippen molar-refractivity contribution in [1.29, 1.82) is 0 Å². The molecule has 3 rings (SSSR count). The van der Waals surface area contributed by atoms with Crippen LogP contribution in [0.1, 0.15) is 67.7 Å². The van der Waals surface area contributed by atoms with Gasteiger partial charge in [-0.3, -0.25) is 0 Å². The molecule has 30 heavy (non-hydrogen) atoms. The fourth-order valence-corrected chi connectivity index (χ4v) is 4.42. The fourth-order valence-electron chi connectivity index (χ4n) is 4.42. The van der Waals surface area contributed by atoms with E-state index in [1.807, 2.05) is 6.07 Å². The Hall–Kier alpha value is -2.39. The molecule has 1 aliphatic rings. The molecular weight excluding hydrogens is 372 g/mol. The maximum absolute atomic E-state index is 11.8. The summed E-state index contributed by atoms with van der Waals surface area (Å²) in [6, 6.07) is 13.1. The monoisotopic (exact) mass is 406 g/mol. The van der Waals surface area contributed by atoms with Gasteiger partial charge in [-0.1, -0.05) is 56.7 Å². The summed E-state index contributed by atoms with van der Waals surface area (Å²) in [6.45, 7) is 10.1. The minimum Gasteiger partial charge on any atom is -0.457 e. The van der Waals surface area contributed by atoms with E-state index in [1.54, 1.807) is 6.92 Å². The first-order valence-electron chi connectivity index (χ1n) is 11.0. The summed E-state index contributed by atoms with van der Waals surface area (Å²) < 4.78 is 5.38. The van der Waals surface area contributed by atoms with Gasteiger partial charge in [0.1, 0.15) is 6.61 Å². The Morgan fingerprint density at radius 3 is 2.47 bits per heavy atom. The van der Waals surface area contributed by atoms with Crippen molar-refractivity contribution in [1.82, 2.24) is 0 Å². The molecular formula is C27H34O3. The Morgan fingerprint density at radius 1 is 1.10 bits per heavy atom. The summed E-state index contributed by atoms with van der Waals surface area (Å²) in [5.74, 6) is 1.15. The first-order valence-corrected chi connectivity index (χ1v) is 11.0. The number of benzene rings is 2. The number of hydrogen-bond acceptors (Lipinski definition) is 3. The maximum Gasteiger partial charge on any atom is 0.333 e. The lowest BCUT2D eigenvalue weighted by molar-refractivity contribution is -0.140. The second kappa shape index (κ2) is 10.1. The van der Waals surface area contributed by atoms with Gasteiger partial charge in [-0.15, -0.1) is 0 Å². The van der Waals surface area contributed by atoms with Crippen LogP contribution in [0, 0.1) is 12.8 Å². The minimum absolute atomic E-state index is 0.0640. The summed E-state index contributed by atoms with van der Waals surface area (Å²) in [7, 11) is 0. The Balaban J connectivity index is 1.84. The molecule has 1 fully saturated rings. The van der Waals surface area contributed by atoms with E-state index in [2.05, 4.69) is 50.8 Å². The van der Waals surface area contributed by atoms with Crippen LogP contribution in [0.2, 0.25) is 0 Å². The molecule has 0 aliphatic heterocycles. The topological polar surface area (TPSA) is 46.5 Å². The smallest absolute Gasteiger partial charge is 0.333 e. The van der Waals surface area contributed by atoms with Crippen molar-refractivity contribution in [3.8, 4) is 11.1 Å². The lowest BCUT2D eigenvalue weighted by Crippen LogP contribution is -2.11. The van der Waals surface area contributed by atoms with Crippen LogP contribution in [0.15, 0.2) is 48.6 Å². The fraction of sp³-hybridized carbons (Fsp3) is 0.444. The van der Waals surface area contributed by atoms with Crippen molar-refractivity contribution >= 4 is 5.97 Å². The standard InChI is InChI=1S/C27H34O3/c1-18(2)27(29)30-17-25-16-24(10-9-22(25)13-14-28)26-12-11-23(15-20(26)4)21-7-5-19(3)6-8-21/h9-12,15-16,19,21,28H,1,5-8,13-14,17H2,2-4H3. The molecule has 0 saturated heterocycles. The Labute approximate surface area is 180 Å². The number of carbonyl (C=O) groups excluding carboxylic acids is 1. The van der Waals surface area contributed by atoms with Crippen molar-refractivity contribution in [2.45, 2.75) is 65.4 Å². The predicted octanol–water partition coefficient (Wildman–Crippen LogP) is 6.11. The molecule has 0 aromatic heterocycles. The van der Waals surface area contributed by atoms with E-state index < -0.39 is 5.97 Å². The van der Waals surface area contributed by atoms with Gasteiger partial charge in [0.25, 0.3) is 0 Å². The normalized spacial score (nSPS) is 18.8. The summed E-state index contributed by atoms with van der Waals surface area (Å²) in [5.41, 5.74) is 7.35. The van der Waals surface area contributed by atoms with Gasteiger partial charge in [0.05, 0.1) is 0 Å². The lowest BCUT2D eigenvalue weighted by atomic mass is 9.79. The third-order valence-electron chi connectivity index (χ3n) is 6.34. The maximum atomic E-state index is 11.8. The number of aryl methyl sites for hydroxylation is 1. The highest BCUT2D eigenvalue weighted by molar-refractivity contribution is 5.86. The zero-order chi connectivity index (χ0) is 21.7. The van der Waals surface area contributed by atoms with Crippen molar-refractivity contribution < 1.29 is 14.6 Å². The Morgan fingerprint density at radius 2 is 1.83 bits per heavy atom. The molecule has 0 spiro atoms. The van der Waals surface area contributed by atoms with Gasteiger partial charge in [-0.25, -0.2) is 4.79 Å².